The van der Waals surface area contributed by atoms with Crippen molar-refractivity contribution in [3.05, 3.63) is 48.2 Å². The van der Waals surface area contributed by atoms with Crippen LogP contribution >= 0.6 is 0 Å². The van der Waals surface area contributed by atoms with Crippen molar-refractivity contribution in [3.8, 4) is 0 Å². The first-order chi connectivity index (χ1) is 12.2. The van der Waals surface area contributed by atoms with Crippen LogP contribution in [0, 0.1) is 0 Å². The maximum Gasteiger partial charge on any atom is 0.222 e. The van der Waals surface area contributed by atoms with Gasteiger partial charge in [0.15, 0.2) is 5.82 Å². The Labute approximate surface area is 147 Å². The third-order valence-electron chi connectivity index (χ3n) is 4.29. The van der Waals surface area contributed by atoms with E-state index in [4.69, 9.17) is 5.73 Å². The fourth-order valence-corrected chi connectivity index (χ4v) is 2.99. The van der Waals surface area contributed by atoms with E-state index in [9.17, 15) is 5.11 Å². The Balaban J connectivity index is 1.94. The van der Waals surface area contributed by atoms with Gasteiger partial charge in [0.05, 0.1) is 18.2 Å². The van der Waals surface area contributed by atoms with Crippen LogP contribution < -0.4 is 11.1 Å². The van der Waals surface area contributed by atoms with E-state index in [1.54, 1.807) is 0 Å². The predicted octanol–water partition coefficient (Wildman–Crippen LogP) is 3.02. The van der Waals surface area contributed by atoms with E-state index < -0.39 is 0 Å². The molecule has 0 fully saturated rings. The normalized spacial score (nSPS) is 12.4. The minimum atomic E-state index is -0.0440. The second-order valence-electron chi connectivity index (χ2n) is 6.26. The number of rotatable bonds is 8. The van der Waals surface area contributed by atoms with Gasteiger partial charge in [0.1, 0.15) is 5.52 Å². The molecule has 0 bridgehead atoms. The smallest absolute Gasteiger partial charge is 0.222 e. The second kappa shape index (κ2) is 7.98. The van der Waals surface area contributed by atoms with E-state index in [1.807, 2.05) is 30.5 Å². The van der Waals surface area contributed by atoms with Gasteiger partial charge < -0.3 is 20.7 Å². The summed E-state index contributed by atoms with van der Waals surface area (Å²) >= 11 is 0. The Bertz CT molecular complexity index is 815. The van der Waals surface area contributed by atoms with E-state index in [1.165, 1.54) is 5.56 Å². The summed E-state index contributed by atoms with van der Waals surface area (Å²) in [6.45, 7) is 2.93. The largest absolute Gasteiger partial charge is 0.394 e. The molecule has 0 aliphatic carbocycles. The van der Waals surface area contributed by atoms with Gasteiger partial charge in [-0.05, 0) is 18.1 Å². The zero-order valence-corrected chi connectivity index (χ0v) is 14.5. The summed E-state index contributed by atoms with van der Waals surface area (Å²) in [6.07, 6.45) is 5.02. The highest BCUT2D eigenvalue weighted by atomic mass is 16.3. The number of benzene rings is 1. The average Bonchev–Trinajstić information content (AvgIpc) is 3.02. The molecule has 6 nitrogen and oxygen atoms in total. The van der Waals surface area contributed by atoms with Crippen LogP contribution in [0.1, 0.15) is 31.7 Å². The van der Waals surface area contributed by atoms with Crippen LogP contribution in [-0.4, -0.2) is 32.3 Å². The second-order valence-corrected chi connectivity index (χ2v) is 6.26. The molecule has 2 heterocycles. The van der Waals surface area contributed by atoms with Crippen LogP contribution in [0.5, 0.6) is 0 Å². The Morgan fingerprint density at radius 1 is 1.20 bits per heavy atom. The molecule has 0 amide bonds. The number of nitrogens with zero attached hydrogens (tertiary/aromatic N) is 3. The number of aliphatic hydroxyl groups excluding tert-OH is 1. The lowest BCUT2D eigenvalue weighted by Crippen LogP contribution is -2.25. The van der Waals surface area contributed by atoms with E-state index >= 15 is 0 Å². The lowest BCUT2D eigenvalue weighted by molar-refractivity contribution is 0.267. The number of aromatic nitrogens is 3. The van der Waals surface area contributed by atoms with Crippen LogP contribution in [-0.2, 0) is 6.54 Å². The standard InChI is InChI=1S/C19H25N5O/c1-2-3-9-15(13-25)21-18-17-16(22-19(20)23-18)10-11-24(17)12-14-7-5-4-6-8-14/h4-8,10-11,15,25H,2-3,9,12-13H2,1H3,(H3,20,21,22,23). The first-order valence-corrected chi connectivity index (χ1v) is 8.75. The van der Waals surface area contributed by atoms with E-state index in [0.29, 0.717) is 5.82 Å². The zero-order valence-electron chi connectivity index (χ0n) is 14.5. The van der Waals surface area contributed by atoms with Gasteiger partial charge in [-0.15, -0.1) is 0 Å². The number of hydrogen-bond acceptors (Lipinski definition) is 5. The Hall–Kier alpha value is -2.60. The number of unbranched alkanes of at least 4 members (excludes halogenated alkanes) is 1. The van der Waals surface area contributed by atoms with Gasteiger partial charge in [-0.3, -0.25) is 0 Å². The molecule has 0 radical (unpaired) electrons. The fourth-order valence-electron chi connectivity index (χ4n) is 2.99. The summed E-state index contributed by atoms with van der Waals surface area (Å²) in [5.41, 5.74) is 8.79. The van der Waals surface area contributed by atoms with E-state index in [0.717, 1.165) is 36.8 Å². The van der Waals surface area contributed by atoms with Crippen molar-refractivity contribution < 1.29 is 5.11 Å². The summed E-state index contributed by atoms with van der Waals surface area (Å²) in [6, 6.07) is 12.2. The number of hydrogen-bond donors (Lipinski definition) is 3. The topological polar surface area (TPSA) is 89.0 Å². The molecule has 1 aromatic carbocycles. The lowest BCUT2D eigenvalue weighted by Gasteiger charge is -2.18. The molecule has 3 rings (SSSR count). The predicted molar refractivity (Wildman–Crippen MR) is 102 cm³/mol. The number of nitrogens with two attached hydrogens (primary N) is 1. The molecule has 0 saturated heterocycles. The highest BCUT2D eigenvalue weighted by molar-refractivity contribution is 5.87. The number of fused-ring (bicyclic) bond motifs is 1. The van der Waals surface area contributed by atoms with Crippen molar-refractivity contribution >= 4 is 22.8 Å². The minimum absolute atomic E-state index is 0.0440. The molecule has 1 unspecified atom stereocenters. The molecule has 0 spiro atoms. The Morgan fingerprint density at radius 2 is 2.00 bits per heavy atom. The van der Waals surface area contributed by atoms with Gasteiger partial charge in [-0.2, -0.15) is 4.98 Å². The minimum Gasteiger partial charge on any atom is -0.394 e. The van der Waals surface area contributed by atoms with E-state index in [-0.39, 0.29) is 18.6 Å². The molecule has 0 aliphatic rings. The van der Waals surface area contributed by atoms with Crippen molar-refractivity contribution in [2.75, 3.05) is 17.7 Å². The molecule has 0 saturated carbocycles. The van der Waals surface area contributed by atoms with Gasteiger partial charge in [0.25, 0.3) is 0 Å². The molecule has 6 heteroatoms. The Kier molecular flexibility index (Phi) is 5.50. The van der Waals surface area contributed by atoms with Gasteiger partial charge in [-0.25, -0.2) is 4.98 Å². The van der Waals surface area contributed by atoms with E-state index in [2.05, 4.69) is 38.9 Å². The highest BCUT2D eigenvalue weighted by Crippen LogP contribution is 2.24. The van der Waals surface area contributed by atoms with Gasteiger partial charge in [0.2, 0.25) is 5.95 Å². The number of anilines is 2. The average molecular weight is 339 g/mol. The highest BCUT2D eigenvalue weighted by Gasteiger charge is 2.15. The first-order valence-electron chi connectivity index (χ1n) is 8.75. The Morgan fingerprint density at radius 3 is 2.72 bits per heavy atom. The lowest BCUT2D eigenvalue weighted by atomic mass is 10.1. The van der Waals surface area contributed by atoms with Gasteiger partial charge in [0, 0.05) is 12.7 Å². The van der Waals surface area contributed by atoms with Crippen molar-refractivity contribution in [2.24, 2.45) is 0 Å². The zero-order chi connectivity index (χ0) is 17.6. The van der Waals surface area contributed by atoms with Crippen LogP contribution in [0.2, 0.25) is 0 Å². The molecule has 3 aromatic rings. The number of nitrogens with one attached hydrogen (secondary N) is 1. The summed E-state index contributed by atoms with van der Waals surface area (Å²) in [5, 5.41) is 13.0. The maximum absolute atomic E-state index is 9.67. The monoisotopic (exact) mass is 339 g/mol. The summed E-state index contributed by atoms with van der Waals surface area (Å²) in [5.74, 6) is 0.915. The molecule has 0 aliphatic heterocycles. The van der Waals surface area contributed by atoms with Crippen LogP contribution in [0.4, 0.5) is 11.8 Å². The van der Waals surface area contributed by atoms with Crippen LogP contribution in [0.15, 0.2) is 42.6 Å². The molecular formula is C19H25N5O. The number of nitrogen functional groups attached to an aromatic ring is 1. The van der Waals surface area contributed by atoms with Gasteiger partial charge >= 0.3 is 0 Å². The van der Waals surface area contributed by atoms with Crippen molar-refractivity contribution in [3.63, 3.8) is 0 Å². The summed E-state index contributed by atoms with van der Waals surface area (Å²) in [7, 11) is 0. The van der Waals surface area contributed by atoms with Crippen molar-refractivity contribution in [2.45, 2.75) is 38.8 Å². The van der Waals surface area contributed by atoms with Crippen LogP contribution in [0.3, 0.4) is 0 Å². The quantitative estimate of drug-likeness (QED) is 0.587. The maximum atomic E-state index is 9.67. The summed E-state index contributed by atoms with van der Waals surface area (Å²) < 4.78 is 2.11. The molecule has 25 heavy (non-hydrogen) atoms. The molecule has 4 N–H and O–H groups in total. The fraction of sp³-hybridized carbons (Fsp3) is 0.368. The number of aliphatic hydroxyl groups is 1. The van der Waals surface area contributed by atoms with Crippen LogP contribution in [0.25, 0.3) is 11.0 Å². The van der Waals surface area contributed by atoms with Crippen molar-refractivity contribution in [1.82, 2.24) is 14.5 Å². The molecule has 1 atom stereocenters. The first kappa shape index (κ1) is 17.2. The third-order valence-corrected chi connectivity index (χ3v) is 4.29. The molecule has 132 valence electrons. The molecular weight excluding hydrogens is 314 g/mol. The van der Waals surface area contributed by atoms with Crippen molar-refractivity contribution in [1.29, 1.82) is 0 Å². The van der Waals surface area contributed by atoms with Gasteiger partial charge in [-0.1, -0.05) is 50.1 Å². The third kappa shape index (κ3) is 4.09. The SMILES string of the molecule is CCCCC(CO)Nc1nc(N)nc2ccn(Cc3ccccc3)c12. The summed E-state index contributed by atoms with van der Waals surface area (Å²) in [4.78, 5) is 8.73. The molecule has 2 aromatic heterocycles.